The lowest BCUT2D eigenvalue weighted by molar-refractivity contribution is -0.421. The minimum atomic E-state index is -1.11. The van der Waals surface area contributed by atoms with Gasteiger partial charge in [0.2, 0.25) is 0 Å². The highest BCUT2D eigenvalue weighted by Crippen LogP contribution is 2.32. The monoisotopic (exact) mass is 482 g/mol. The smallest absolute Gasteiger partial charge is 0.327 e. The van der Waals surface area contributed by atoms with Crippen molar-refractivity contribution in [3.8, 4) is 0 Å². The first-order valence-electron chi connectivity index (χ1n) is 12.6. The molecule has 0 unspecified atom stereocenters. The van der Waals surface area contributed by atoms with E-state index in [0.29, 0.717) is 52.9 Å². The third kappa shape index (κ3) is 9.64. The van der Waals surface area contributed by atoms with Crippen LogP contribution in [0.2, 0.25) is 0 Å². The number of hydrogen-bond donors (Lipinski definition) is 0. The third-order valence-electron chi connectivity index (χ3n) is 4.64. The molecule has 6 heterocycles. The zero-order valence-electron chi connectivity index (χ0n) is 21.5. The quantitative estimate of drug-likeness (QED) is 0.508. The van der Waals surface area contributed by atoms with E-state index in [2.05, 4.69) is 0 Å². The van der Waals surface area contributed by atoms with Gasteiger partial charge < -0.3 is 47.4 Å². The molecule has 0 bridgehead atoms. The van der Waals surface area contributed by atoms with Crippen molar-refractivity contribution in [2.75, 3.05) is 66.1 Å². The van der Waals surface area contributed by atoms with E-state index in [1.54, 1.807) is 0 Å². The van der Waals surface area contributed by atoms with Crippen molar-refractivity contribution in [2.45, 2.75) is 85.3 Å². The molecular weight excluding hydrogens is 436 g/mol. The first-order chi connectivity index (χ1) is 16.2. The molecule has 6 rings (SSSR count). The van der Waals surface area contributed by atoms with Gasteiger partial charge in [0.1, 0.15) is 0 Å². The Labute approximate surface area is 199 Å². The van der Waals surface area contributed by atoms with Crippen molar-refractivity contribution in [3.63, 3.8) is 0 Å². The molecule has 198 valence electrons. The molecule has 0 amide bonds. The summed E-state index contributed by atoms with van der Waals surface area (Å²) in [6.45, 7) is 18.5. The van der Waals surface area contributed by atoms with Gasteiger partial charge in [-0.25, -0.2) is 0 Å². The molecule has 6 aliphatic rings. The Balaban J connectivity index is 0.000000222. The average molecular weight is 483 g/mol. The fraction of sp³-hybridized carbons (Fsp3) is 1.00. The molecule has 0 saturated carbocycles. The van der Waals surface area contributed by atoms with Crippen molar-refractivity contribution < 1.29 is 47.4 Å². The first-order valence-corrected chi connectivity index (χ1v) is 12.6. The van der Waals surface area contributed by atoms with Gasteiger partial charge in [0, 0.05) is 12.8 Å². The molecular formula is C23H46O10. The van der Waals surface area contributed by atoms with Crippen LogP contribution in [0.5, 0.6) is 0 Å². The summed E-state index contributed by atoms with van der Waals surface area (Å²) in [7, 11) is 0. The summed E-state index contributed by atoms with van der Waals surface area (Å²) in [4.78, 5) is 0. The normalized spacial score (nSPS) is 26.7. The fourth-order valence-electron chi connectivity index (χ4n) is 3.42. The SMILES string of the molecule is C1COC2(C1)OCCO2.C1COC2(C1)OCCO2.C1COC2(O1)OCCO2.CC.CC.CC. The van der Waals surface area contributed by atoms with Gasteiger partial charge >= 0.3 is 6.16 Å². The lowest BCUT2D eigenvalue weighted by atomic mass is 10.3. The van der Waals surface area contributed by atoms with Gasteiger partial charge in [-0.2, -0.15) is 0 Å². The summed E-state index contributed by atoms with van der Waals surface area (Å²) in [5.41, 5.74) is 0. The van der Waals surface area contributed by atoms with Crippen molar-refractivity contribution >= 4 is 0 Å². The molecule has 0 N–H and O–H groups in total. The van der Waals surface area contributed by atoms with Crippen molar-refractivity contribution in [1.82, 2.24) is 0 Å². The Morgan fingerprint density at radius 1 is 0.333 bits per heavy atom. The van der Waals surface area contributed by atoms with Crippen molar-refractivity contribution in [2.24, 2.45) is 0 Å². The van der Waals surface area contributed by atoms with Crippen LogP contribution in [-0.4, -0.2) is 84.2 Å². The van der Waals surface area contributed by atoms with Gasteiger partial charge in [0.15, 0.2) is 0 Å². The zero-order chi connectivity index (χ0) is 24.5. The minimum Gasteiger partial charge on any atom is -0.327 e. The number of rotatable bonds is 0. The Bertz CT molecular complexity index is 321. The molecule has 33 heavy (non-hydrogen) atoms. The summed E-state index contributed by atoms with van der Waals surface area (Å²) in [6, 6.07) is 0. The predicted molar refractivity (Wildman–Crippen MR) is 120 cm³/mol. The molecule has 0 aromatic heterocycles. The summed E-state index contributed by atoms with van der Waals surface area (Å²) >= 11 is 0. The predicted octanol–water partition coefficient (Wildman–Crippen LogP) is 3.76. The van der Waals surface area contributed by atoms with Crippen LogP contribution in [0.25, 0.3) is 0 Å². The van der Waals surface area contributed by atoms with E-state index in [-0.39, 0.29) is 0 Å². The second kappa shape index (κ2) is 17.1. The van der Waals surface area contributed by atoms with Crippen LogP contribution in [0.3, 0.4) is 0 Å². The van der Waals surface area contributed by atoms with E-state index in [4.69, 9.17) is 47.4 Å². The van der Waals surface area contributed by atoms with E-state index in [1.165, 1.54) is 0 Å². The van der Waals surface area contributed by atoms with Crippen molar-refractivity contribution in [3.05, 3.63) is 0 Å². The van der Waals surface area contributed by atoms with Crippen LogP contribution >= 0.6 is 0 Å². The fourth-order valence-corrected chi connectivity index (χ4v) is 3.42. The standard InChI is InChI=1S/2C6H10O3.C5H8O4.3C2H6/c2*1-2-6(7-3-1)8-4-5-9-6;1-2-7-5(6-1)8-3-4-9-5;3*1-2/h2*1-5H2;1-4H2;3*1-2H3. The van der Waals surface area contributed by atoms with Gasteiger partial charge in [-0.3, -0.25) is 0 Å². The molecule has 6 fully saturated rings. The molecule has 3 spiro atoms. The van der Waals surface area contributed by atoms with Gasteiger partial charge in [0.05, 0.1) is 66.1 Å². The molecule has 0 radical (unpaired) electrons. The molecule has 0 aliphatic carbocycles. The highest BCUT2D eigenvalue weighted by Gasteiger charge is 2.44. The molecule has 0 aromatic rings. The number of hydrogen-bond acceptors (Lipinski definition) is 10. The maximum atomic E-state index is 5.26. The van der Waals surface area contributed by atoms with Crippen LogP contribution in [0.1, 0.15) is 67.2 Å². The van der Waals surface area contributed by atoms with E-state index in [1.807, 2.05) is 41.5 Å². The average Bonchev–Trinajstić information content (AvgIpc) is 3.75. The molecule has 10 nitrogen and oxygen atoms in total. The summed E-state index contributed by atoms with van der Waals surface area (Å²) in [5, 5.41) is 0. The lowest BCUT2D eigenvalue weighted by Crippen LogP contribution is -2.30. The highest BCUT2D eigenvalue weighted by molar-refractivity contribution is 4.69. The van der Waals surface area contributed by atoms with Gasteiger partial charge in [-0.1, -0.05) is 41.5 Å². The Hall–Kier alpha value is -0.400. The van der Waals surface area contributed by atoms with Gasteiger partial charge in [0.25, 0.3) is 11.9 Å². The zero-order valence-corrected chi connectivity index (χ0v) is 21.5. The molecule has 0 atom stereocenters. The van der Waals surface area contributed by atoms with E-state index < -0.39 is 18.1 Å². The topological polar surface area (TPSA) is 92.3 Å². The van der Waals surface area contributed by atoms with Crippen molar-refractivity contribution in [1.29, 1.82) is 0 Å². The van der Waals surface area contributed by atoms with Crippen LogP contribution in [0.4, 0.5) is 0 Å². The molecule has 6 aliphatic heterocycles. The van der Waals surface area contributed by atoms with E-state index >= 15 is 0 Å². The summed E-state index contributed by atoms with van der Waals surface area (Å²) in [5.74, 6) is -1.22. The van der Waals surface area contributed by atoms with Gasteiger partial charge in [-0.15, -0.1) is 0 Å². The minimum absolute atomic E-state index is 0.556. The second-order valence-corrected chi connectivity index (χ2v) is 6.56. The Morgan fingerprint density at radius 3 is 0.818 bits per heavy atom. The van der Waals surface area contributed by atoms with Crippen LogP contribution in [-0.2, 0) is 47.4 Å². The van der Waals surface area contributed by atoms with Crippen LogP contribution in [0.15, 0.2) is 0 Å². The highest BCUT2D eigenvalue weighted by atomic mass is 17.0. The van der Waals surface area contributed by atoms with Crippen LogP contribution in [0, 0.1) is 0 Å². The molecule has 6 saturated heterocycles. The molecule has 0 aromatic carbocycles. The van der Waals surface area contributed by atoms with E-state index in [9.17, 15) is 0 Å². The molecule has 10 heteroatoms. The summed E-state index contributed by atoms with van der Waals surface area (Å²) < 4.78 is 51.7. The third-order valence-corrected chi connectivity index (χ3v) is 4.64. The first kappa shape index (κ1) is 30.6. The maximum absolute atomic E-state index is 5.26. The largest absolute Gasteiger partial charge is 0.413 e. The summed E-state index contributed by atoms with van der Waals surface area (Å²) in [6.07, 6.45) is 2.79. The Kier molecular flexibility index (Phi) is 15.9. The Morgan fingerprint density at radius 2 is 0.576 bits per heavy atom. The van der Waals surface area contributed by atoms with Crippen LogP contribution < -0.4 is 0 Å². The van der Waals surface area contributed by atoms with Gasteiger partial charge in [-0.05, 0) is 12.8 Å². The number of ether oxygens (including phenoxy) is 10. The second-order valence-electron chi connectivity index (χ2n) is 6.56. The maximum Gasteiger partial charge on any atom is 0.413 e. The van der Waals surface area contributed by atoms with E-state index in [0.717, 1.165) is 38.9 Å². The lowest BCUT2D eigenvalue weighted by Gasteiger charge is -2.18.